The highest BCUT2D eigenvalue weighted by Gasteiger charge is 2.29. The Morgan fingerprint density at radius 1 is 1.55 bits per heavy atom. The molecule has 0 fully saturated rings. The normalized spacial score (nSPS) is 11.7. The Morgan fingerprint density at radius 3 is 2.82 bits per heavy atom. The molecular weight excluding hydrogens is 166 g/mol. The molecule has 1 aliphatic rings. The maximum absolute atomic E-state index is 10.7. The monoisotopic (exact) mass is 169 g/mol. The summed E-state index contributed by atoms with van der Waals surface area (Å²) in [5, 5.41) is 0.341. The lowest BCUT2D eigenvalue weighted by atomic mass is 10.2. The van der Waals surface area contributed by atoms with Gasteiger partial charge in [0.25, 0.3) is 5.91 Å². The van der Waals surface area contributed by atoms with Gasteiger partial charge in [-0.1, -0.05) is 11.6 Å². The van der Waals surface area contributed by atoms with Crippen molar-refractivity contribution in [2.45, 2.75) is 0 Å². The molecule has 1 heterocycles. The Labute approximate surface area is 67.7 Å². The van der Waals surface area contributed by atoms with Crippen molar-refractivity contribution in [3.63, 3.8) is 0 Å². The molecule has 56 valence electrons. The first-order valence-corrected chi connectivity index (χ1v) is 3.38. The van der Waals surface area contributed by atoms with Gasteiger partial charge in [-0.15, -0.1) is 0 Å². The molecule has 4 heteroatoms. The van der Waals surface area contributed by atoms with Crippen molar-refractivity contribution >= 4 is 17.5 Å². The summed E-state index contributed by atoms with van der Waals surface area (Å²) in [6.45, 7) is 0. The quantitative estimate of drug-likeness (QED) is 0.659. The number of benzene rings is 1. The number of hydrogen-bond acceptors (Lipinski definition) is 2. The van der Waals surface area contributed by atoms with E-state index in [9.17, 15) is 4.79 Å². The van der Waals surface area contributed by atoms with Gasteiger partial charge in [-0.3, -0.25) is 4.79 Å². The number of carbonyl (C=O) groups excluding carboxylic acids is 1. The molecule has 1 aromatic carbocycles. The van der Waals surface area contributed by atoms with E-state index in [0.29, 0.717) is 16.5 Å². The molecule has 0 atom stereocenters. The van der Waals surface area contributed by atoms with Crippen molar-refractivity contribution in [3.8, 4) is 11.5 Å². The molecule has 1 aliphatic heterocycles. The standard InChI is InChI=1S/C7H4ClNO2/c8-3-1-2-4-6(11-4)5(3)7(9)10/h1-2H,(H2,9,10). The summed E-state index contributed by atoms with van der Waals surface area (Å²) in [5.74, 6) is 0.651. The van der Waals surface area contributed by atoms with E-state index in [1.165, 1.54) is 0 Å². The molecular formula is C7H4ClNO2. The number of fused-ring (bicyclic) bond motifs is 1. The molecule has 2 N–H and O–H groups in total. The lowest BCUT2D eigenvalue weighted by Crippen LogP contribution is -2.10. The zero-order valence-electron chi connectivity index (χ0n) is 5.43. The predicted octanol–water partition coefficient (Wildman–Crippen LogP) is 1.54. The Morgan fingerprint density at radius 2 is 2.27 bits per heavy atom. The Balaban J connectivity index is 2.64. The first-order valence-electron chi connectivity index (χ1n) is 3.00. The average molecular weight is 170 g/mol. The van der Waals surface area contributed by atoms with Crippen LogP contribution in [0.5, 0.6) is 11.5 Å². The summed E-state index contributed by atoms with van der Waals surface area (Å²) < 4.78 is 4.93. The van der Waals surface area contributed by atoms with Crippen LogP contribution in [-0.2, 0) is 0 Å². The Hall–Kier alpha value is -1.22. The average Bonchev–Trinajstić information content (AvgIpc) is 2.64. The summed E-state index contributed by atoms with van der Waals surface area (Å²) in [5.41, 5.74) is 5.33. The van der Waals surface area contributed by atoms with Crippen LogP contribution in [0.15, 0.2) is 12.1 Å². The molecule has 11 heavy (non-hydrogen) atoms. The maximum Gasteiger partial charge on any atom is 0.254 e. The van der Waals surface area contributed by atoms with Crippen LogP contribution in [-0.4, -0.2) is 5.91 Å². The van der Waals surface area contributed by atoms with E-state index in [-0.39, 0.29) is 5.56 Å². The van der Waals surface area contributed by atoms with Gasteiger partial charge in [0.05, 0.1) is 5.02 Å². The molecule has 0 aliphatic carbocycles. The second-order valence-corrected chi connectivity index (χ2v) is 2.62. The zero-order valence-corrected chi connectivity index (χ0v) is 6.18. The van der Waals surface area contributed by atoms with Crippen LogP contribution in [0.1, 0.15) is 10.4 Å². The van der Waals surface area contributed by atoms with Gasteiger partial charge in [0.2, 0.25) is 0 Å². The summed E-state index contributed by atoms with van der Waals surface area (Å²) in [6.07, 6.45) is 0. The molecule has 0 saturated carbocycles. The third kappa shape index (κ3) is 0.851. The molecule has 0 unspecified atom stereocenters. The lowest BCUT2D eigenvalue weighted by molar-refractivity contribution is 0.1000. The largest absolute Gasteiger partial charge is 0.449 e. The van der Waals surface area contributed by atoms with Gasteiger partial charge >= 0.3 is 0 Å². The van der Waals surface area contributed by atoms with Gasteiger partial charge < -0.3 is 10.5 Å². The number of halogens is 1. The van der Waals surface area contributed by atoms with E-state index in [1.807, 2.05) is 0 Å². The molecule has 2 rings (SSSR count). The number of primary amides is 1. The highest BCUT2D eigenvalue weighted by Crippen LogP contribution is 2.50. The highest BCUT2D eigenvalue weighted by atomic mass is 35.5. The highest BCUT2D eigenvalue weighted by molar-refractivity contribution is 6.34. The van der Waals surface area contributed by atoms with Crippen molar-refractivity contribution < 1.29 is 9.53 Å². The van der Waals surface area contributed by atoms with Crippen molar-refractivity contribution in [2.75, 3.05) is 0 Å². The Bertz CT molecular complexity index is 345. The van der Waals surface area contributed by atoms with Crippen LogP contribution in [0.2, 0.25) is 5.02 Å². The van der Waals surface area contributed by atoms with Crippen LogP contribution in [0.4, 0.5) is 0 Å². The summed E-state index contributed by atoms with van der Waals surface area (Å²) in [4.78, 5) is 10.7. The first-order chi connectivity index (χ1) is 5.20. The van der Waals surface area contributed by atoms with E-state index < -0.39 is 5.91 Å². The smallest absolute Gasteiger partial charge is 0.254 e. The van der Waals surface area contributed by atoms with Crippen molar-refractivity contribution in [1.82, 2.24) is 0 Å². The second kappa shape index (κ2) is 1.89. The minimum Gasteiger partial charge on any atom is -0.449 e. The maximum atomic E-state index is 10.7. The number of carbonyl (C=O) groups is 1. The van der Waals surface area contributed by atoms with E-state index in [1.54, 1.807) is 12.1 Å². The van der Waals surface area contributed by atoms with Crippen molar-refractivity contribution in [3.05, 3.63) is 22.7 Å². The number of hydrogen-bond donors (Lipinski definition) is 1. The molecule has 1 aromatic rings. The SMILES string of the molecule is NC(=O)c1c(Cl)ccc2c1O2. The van der Waals surface area contributed by atoms with Crippen molar-refractivity contribution in [2.24, 2.45) is 5.73 Å². The van der Waals surface area contributed by atoms with Gasteiger partial charge in [-0.25, -0.2) is 0 Å². The summed E-state index contributed by atoms with van der Waals surface area (Å²) in [6, 6.07) is 3.29. The third-order valence-corrected chi connectivity index (χ3v) is 1.80. The molecule has 0 saturated heterocycles. The summed E-state index contributed by atoms with van der Waals surface area (Å²) >= 11 is 5.68. The fourth-order valence-electron chi connectivity index (χ4n) is 0.939. The zero-order chi connectivity index (χ0) is 8.01. The fraction of sp³-hybridized carbons (Fsp3) is 0. The summed E-state index contributed by atoms with van der Waals surface area (Å²) in [7, 11) is 0. The van der Waals surface area contributed by atoms with Gasteiger partial charge in [-0.05, 0) is 12.1 Å². The van der Waals surface area contributed by atoms with E-state index >= 15 is 0 Å². The molecule has 1 amide bonds. The van der Waals surface area contributed by atoms with Crippen molar-refractivity contribution in [1.29, 1.82) is 0 Å². The lowest BCUT2D eigenvalue weighted by Gasteiger charge is -1.91. The minimum absolute atomic E-state index is 0.282. The number of amides is 1. The second-order valence-electron chi connectivity index (χ2n) is 2.22. The van der Waals surface area contributed by atoms with Crippen LogP contribution in [0, 0.1) is 0 Å². The van der Waals surface area contributed by atoms with Gasteiger partial charge in [0, 0.05) is 0 Å². The minimum atomic E-state index is -0.552. The first kappa shape index (κ1) is 6.49. The van der Waals surface area contributed by atoms with Crippen LogP contribution in [0.3, 0.4) is 0 Å². The molecule has 0 radical (unpaired) electrons. The number of ether oxygens (including phenoxy) is 1. The Kier molecular flexibility index (Phi) is 1.11. The van der Waals surface area contributed by atoms with Gasteiger partial charge in [-0.2, -0.15) is 0 Å². The van der Waals surface area contributed by atoms with Gasteiger partial charge in [0.1, 0.15) is 5.56 Å². The van der Waals surface area contributed by atoms with E-state index in [0.717, 1.165) is 0 Å². The van der Waals surface area contributed by atoms with Crippen LogP contribution >= 0.6 is 11.6 Å². The predicted molar refractivity (Wildman–Crippen MR) is 40.0 cm³/mol. The van der Waals surface area contributed by atoms with Crippen LogP contribution < -0.4 is 10.5 Å². The third-order valence-electron chi connectivity index (χ3n) is 1.49. The molecule has 0 bridgehead atoms. The fourth-order valence-corrected chi connectivity index (χ4v) is 1.18. The van der Waals surface area contributed by atoms with Gasteiger partial charge in [0.15, 0.2) is 11.5 Å². The number of rotatable bonds is 1. The topological polar surface area (TPSA) is 55.6 Å². The number of nitrogens with two attached hydrogens (primary N) is 1. The molecule has 0 aromatic heterocycles. The van der Waals surface area contributed by atoms with Crippen LogP contribution in [0.25, 0.3) is 0 Å². The molecule has 3 nitrogen and oxygen atoms in total. The van der Waals surface area contributed by atoms with E-state index in [4.69, 9.17) is 22.1 Å². The van der Waals surface area contributed by atoms with E-state index in [2.05, 4.69) is 0 Å². The molecule has 0 spiro atoms.